The van der Waals surface area contributed by atoms with Crippen LogP contribution in [-0.2, 0) is 9.59 Å². The molecule has 2 aromatic carbocycles. The zero-order chi connectivity index (χ0) is 19.6. The van der Waals surface area contributed by atoms with Gasteiger partial charge in [-0.1, -0.05) is 29.8 Å². The lowest BCUT2D eigenvalue weighted by Crippen LogP contribution is -2.32. The van der Waals surface area contributed by atoms with Crippen LogP contribution in [0.5, 0.6) is 5.75 Å². The first-order valence-electron chi connectivity index (χ1n) is 8.35. The molecule has 0 aromatic heterocycles. The minimum atomic E-state index is -0.389. The van der Waals surface area contributed by atoms with Crippen LogP contribution in [0.3, 0.4) is 0 Å². The van der Waals surface area contributed by atoms with Crippen LogP contribution in [0.1, 0.15) is 11.1 Å². The Bertz CT molecular complexity index is 948. The molecule has 3 rings (SSSR count). The lowest BCUT2D eigenvalue weighted by Gasteiger charge is -2.13. The highest BCUT2D eigenvalue weighted by Gasteiger charge is 2.38. The monoisotopic (exact) mass is 382 g/mol. The third-order valence-electron chi connectivity index (χ3n) is 4.31. The highest BCUT2D eigenvalue weighted by Crippen LogP contribution is 2.32. The van der Waals surface area contributed by atoms with Crippen molar-refractivity contribution in [3.8, 4) is 5.75 Å². The first kappa shape index (κ1) is 18.7. The zero-order valence-electron chi connectivity index (χ0n) is 15.1. The molecule has 0 spiro atoms. The lowest BCUT2D eigenvalue weighted by atomic mass is 10.0. The summed E-state index contributed by atoms with van der Waals surface area (Å²) in [4.78, 5) is 27.0. The van der Waals surface area contributed by atoms with Gasteiger partial charge in [-0.25, -0.2) is 0 Å². The van der Waals surface area contributed by atoms with Gasteiger partial charge in [-0.3, -0.25) is 14.5 Å². The van der Waals surface area contributed by atoms with E-state index in [1.807, 2.05) is 6.92 Å². The number of nitrogens with one attached hydrogen (secondary N) is 1. The summed E-state index contributed by atoms with van der Waals surface area (Å²) in [6, 6.07) is 12.3. The summed E-state index contributed by atoms with van der Waals surface area (Å²) in [5.74, 6) is -0.0821. The molecular weight excluding hydrogens is 364 g/mol. The summed E-state index contributed by atoms with van der Waals surface area (Å²) in [6.07, 6.45) is 1.53. The van der Waals surface area contributed by atoms with E-state index in [-0.39, 0.29) is 24.1 Å². The second-order valence-corrected chi connectivity index (χ2v) is 6.51. The number of aryl methyl sites for hydroxylation is 1. The molecule has 0 aliphatic carbocycles. The average Bonchev–Trinajstić information content (AvgIpc) is 2.89. The van der Waals surface area contributed by atoms with Gasteiger partial charge in [-0.15, -0.1) is 6.58 Å². The molecule has 0 unspecified atom stereocenters. The summed E-state index contributed by atoms with van der Waals surface area (Å²) < 4.78 is 5.17. The third kappa shape index (κ3) is 3.59. The van der Waals surface area contributed by atoms with Crippen LogP contribution in [0.2, 0.25) is 5.02 Å². The Morgan fingerprint density at radius 2 is 1.85 bits per heavy atom. The number of halogens is 1. The molecule has 0 saturated carbocycles. The van der Waals surface area contributed by atoms with Crippen LogP contribution in [0.15, 0.2) is 60.8 Å². The molecule has 1 aliphatic heterocycles. The fourth-order valence-corrected chi connectivity index (χ4v) is 3.14. The maximum absolute atomic E-state index is 12.9. The van der Waals surface area contributed by atoms with Crippen molar-refractivity contribution in [2.75, 3.05) is 19.0 Å². The minimum Gasteiger partial charge on any atom is -0.497 e. The van der Waals surface area contributed by atoms with Gasteiger partial charge in [0.05, 0.1) is 12.7 Å². The molecular formula is C21H19ClN2O3. The molecule has 1 N–H and O–H groups in total. The lowest BCUT2D eigenvalue weighted by molar-refractivity contribution is -0.136. The molecule has 138 valence electrons. The number of ether oxygens (including phenoxy) is 1. The number of carbonyl (C=O) groups is 2. The van der Waals surface area contributed by atoms with E-state index in [2.05, 4.69) is 11.9 Å². The first-order valence-corrected chi connectivity index (χ1v) is 8.73. The Balaban J connectivity index is 2.09. The molecule has 0 saturated heterocycles. The van der Waals surface area contributed by atoms with Gasteiger partial charge in [-0.05, 0) is 48.4 Å². The minimum absolute atomic E-state index is 0.141. The van der Waals surface area contributed by atoms with Crippen molar-refractivity contribution in [1.82, 2.24) is 4.90 Å². The number of hydrogen-bond donors (Lipinski definition) is 1. The van der Waals surface area contributed by atoms with Crippen LogP contribution in [0, 0.1) is 6.92 Å². The molecule has 1 aliphatic rings. The maximum Gasteiger partial charge on any atom is 0.278 e. The van der Waals surface area contributed by atoms with Gasteiger partial charge in [0.15, 0.2) is 0 Å². The number of amides is 2. The Labute approximate surface area is 162 Å². The Morgan fingerprint density at radius 3 is 2.44 bits per heavy atom. The van der Waals surface area contributed by atoms with E-state index in [0.717, 1.165) is 5.56 Å². The second kappa shape index (κ2) is 7.68. The normalized spacial score (nSPS) is 14.0. The molecule has 0 radical (unpaired) electrons. The molecule has 6 heteroatoms. The summed E-state index contributed by atoms with van der Waals surface area (Å²) in [7, 11) is 1.57. The first-order chi connectivity index (χ1) is 13.0. The van der Waals surface area contributed by atoms with Crippen molar-refractivity contribution >= 4 is 34.7 Å². The fraction of sp³-hybridized carbons (Fsp3) is 0.143. The second-order valence-electron chi connectivity index (χ2n) is 6.07. The van der Waals surface area contributed by atoms with Crippen LogP contribution in [-0.4, -0.2) is 30.4 Å². The van der Waals surface area contributed by atoms with Crippen molar-refractivity contribution in [3.05, 3.63) is 77.0 Å². The van der Waals surface area contributed by atoms with Gasteiger partial charge in [0.2, 0.25) is 0 Å². The van der Waals surface area contributed by atoms with Gasteiger partial charge < -0.3 is 10.1 Å². The summed E-state index contributed by atoms with van der Waals surface area (Å²) in [5, 5.41) is 3.73. The zero-order valence-corrected chi connectivity index (χ0v) is 15.8. The van der Waals surface area contributed by atoms with Crippen molar-refractivity contribution in [2.24, 2.45) is 0 Å². The fourth-order valence-electron chi connectivity index (χ4n) is 2.91. The average molecular weight is 383 g/mol. The highest BCUT2D eigenvalue weighted by molar-refractivity contribution is 6.36. The molecule has 5 nitrogen and oxygen atoms in total. The SMILES string of the molecule is C=CCN1C(=O)C(Nc2ccc(Cl)cc2C)=C(c2ccc(OC)cc2)C1=O. The van der Waals surface area contributed by atoms with Crippen molar-refractivity contribution in [3.63, 3.8) is 0 Å². The van der Waals surface area contributed by atoms with Crippen LogP contribution >= 0.6 is 11.6 Å². The van der Waals surface area contributed by atoms with Crippen LogP contribution in [0.4, 0.5) is 5.69 Å². The molecule has 0 atom stereocenters. The molecule has 2 amide bonds. The van der Waals surface area contributed by atoms with Crippen molar-refractivity contribution in [2.45, 2.75) is 6.92 Å². The van der Waals surface area contributed by atoms with Crippen LogP contribution < -0.4 is 10.1 Å². The number of rotatable bonds is 6. The Hall–Kier alpha value is -3.05. The number of benzene rings is 2. The van der Waals surface area contributed by atoms with Gasteiger partial charge in [0.25, 0.3) is 11.8 Å². The molecule has 27 heavy (non-hydrogen) atoms. The number of hydrogen-bond acceptors (Lipinski definition) is 4. The molecule has 1 heterocycles. The van der Waals surface area contributed by atoms with E-state index in [4.69, 9.17) is 16.3 Å². The molecule has 0 fully saturated rings. The van der Waals surface area contributed by atoms with Crippen molar-refractivity contribution < 1.29 is 14.3 Å². The predicted molar refractivity (Wildman–Crippen MR) is 107 cm³/mol. The van der Waals surface area contributed by atoms with E-state index in [0.29, 0.717) is 27.6 Å². The van der Waals surface area contributed by atoms with E-state index in [9.17, 15) is 9.59 Å². The van der Waals surface area contributed by atoms with Gasteiger partial charge in [0.1, 0.15) is 11.4 Å². The summed E-state index contributed by atoms with van der Waals surface area (Å²) in [6.45, 7) is 5.65. The summed E-state index contributed by atoms with van der Waals surface area (Å²) in [5.41, 5.74) is 2.76. The number of nitrogens with zero attached hydrogens (tertiary/aromatic N) is 1. The van der Waals surface area contributed by atoms with Crippen LogP contribution in [0.25, 0.3) is 5.57 Å². The Morgan fingerprint density at radius 1 is 1.15 bits per heavy atom. The smallest absolute Gasteiger partial charge is 0.278 e. The van der Waals surface area contributed by atoms with E-state index in [1.54, 1.807) is 49.6 Å². The van der Waals surface area contributed by atoms with Gasteiger partial charge in [0, 0.05) is 17.3 Å². The highest BCUT2D eigenvalue weighted by atomic mass is 35.5. The number of imide groups is 1. The number of anilines is 1. The molecule has 0 bridgehead atoms. The van der Waals surface area contributed by atoms with E-state index < -0.39 is 0 Å². The van der Waals surface area contributed by atoms with Gasteiger partial charge >= 0.3 is 0 Å². The summed E-state index contributed by atoms with van der Waals surface area (Å²) >= 11 is 6.01. The van der Waals surface area contributed by atoms with E-state index >= 15 is 0 Å². The largest absolute Gasteiger partial charge is 0.497 e. The predicted octanol–water partition coefficient (Wildman–Crippen LogP) is 4.04. The Kier molecular flexibility index (Phi) is 5.33. The van der Waals surface area contributed by atoms with Gasteiger partial charge in [-0.2, -0.15) is 0 Å². The van der Waals surface area contributed by atoms with Crippen molar-refractivity contribution in [1.29, 1.82) is 0 Å². The third-order valence-corrected chi connectivity index (χ3v) is 4.54. The van der Waals surface area contributed by atoms with E-state index in [1.165, 1.54) is 11.0 Å². The molecule has 2 aromatic rings. The maximum atomic E-state index is 12.9. The number of carbonyl (C=O) groups excluding carboxylic acids is 2. The quantitative estimate of drug-likeness (QED) is 0.605. The number of methoxy groups -OCH3 is 1. The topological polar surface area (TPSA) is 58.6 Å². The standard InChI is InChI=1S/C21H19ClN2O3/c1-4-11-24-20(25)18(14-5-8-16(27-3)9-6-14)19(21(24)26)23-17-10-7-15(22)12-13(17)2/h4-10,12,23H,1,11H2,2-3H3.